The summed E-state index contributed by atoms with van der Waals surface area (Å²) in [4.78, 5) is 0.354. The second-order valence-corrected chi connectivity index (χ2v) is 5.34. The Kier molecular flexibility index (Phi) is 3.54. The first kappa shape index (κ1) is 10.5. The van der Waals surface area contributed by atoms with E-state index < -0.39 is 10.7 Å². The molecule has 1 aromatic carbocycles. The zero-order chi connectivity index (χ0) is 9.30. The highest BCUT2D eigenvalue weighted by atomic mass is 127. The highest BCUT2D eigenvalue weighted by Gasteiger charge is 2.03. The summed E-state index contributed by atoms with van der Waals surface area (Å²) >= 11 is 5.40. The second-order valence-electron chi connectivity index (χ2n) is 2.29. The Labute approximate surface area is 94.6 Å². The summed E-state index contributed by atoms with van der Waals surface area (Å²) < 4.78 is 23.1. The van der Waals surface area contributed by atoms with Gasteiger partial charge in [-0.15, -0.1) is 0 Å². The number of rotatable bonds is 1. The molecular weight excluding hydrogens is 355 g/mol. The molecule has 0 atom stereocenters. The summed E-state index contributed by atoms with van der Waals surface area (Å²) in [6.45, 7) is 1.94. The van der Waals surface area contributed by atoms with Crippen LogP contribution >= 0.6 is 38.5 Å². The van der Waals surface area contributed by atoms with Crippen LogP contribution in [0.4, 0.5) is 0 Å². The van der Waals surface area contributed by atoms with Crippen LogP contribution in [-0.4, -0.2) is 8.42 Å². The van der Waals surface area contributed by atoms with E-state index in [1.807, 2.05) is 6.92 Å². The van der Waals surface area contributed by atoms with Crippen molar-refractivity contribution in [3.63, 3.8) is 0 Å². The molecule has 0 unspecified atom stereocenters. The van der Waals surface area contributed by atoms with Gasteiger partial charge in [0.15, 0.2) is 10.7 Å². The van der Waals surface area contributed by atoms with Crippen LogP contribution < -0.4 is 0 Å². The average molecular weight is 361 g/mol. The molecule has 0 aliphatic heterocycles. The van der Waals surface area contributed by atoms with Gasteiger partial charge in [0.25, 0.3) is 0 Å². The van der Waals surface area contributed by atoms with Crippen molar-refractivity contribution in [1.29, 1.82) is 0 Å². The normalized spacial score (nSPS) is 10.7. The molecule has 0 aliphatic carbocycles. The zero-order valence-electron chi connectivity index (χ0n) is 6.17. The van der Waals surface area contributed by atoms with Crippen LogP contribution in [0.25, 0.3) is 0 Å². The van der Waals surface area contributed by atoms with Gasteiger partial charge in [0, 0.05) is 8.04 Å². The molecule has 0 heterocycles. The summed E-state index contributed by atoms with van der Waals surface area (Å²) in [5.74, 6) is 0. The highest BCUT2D eigenvalue weighted by Crippen LogP contribution is 2.23. The van der Waals surface area contributed by atoms with Gasteiger partial charge >= 0.3 is 0 Å². The maximum atomic E-state index is 10.6. The summed E-state index contributed by atoms with van der Waals surface area (Å²) in [5, 5.41) is 0. The summed E-state index contributed by atoms with van der Waals surface area (Å²) in [6, 6.07) is 3.27. The van der Waals surface area contributed by atoms with E-state index in [9.17, 15) is 8.42 Å². The second kappa shape index (κ2) is 4.06. The molecule has 66 valence electrons. The first-order valence-corrected chi connectivity index (χ1v) is 6.17. The van der Waals surface area contributed by atoms with Crippen molar-refractivity contribution in [2.24, 2.45) is 0 Å². The number of thiol groups is 1. The Bertz CT molecular complexity index is 356. The highest BCUT2D eigenvalue weighted by molar-refractivity contribution is 14.1. The molecule has 0 bridgehead atoms. The lowest BCUT2D eigenvalue weighted by atomic mass is 10.2. The van der Waals surface area contributed by atoms with Gasteiger partial charge in [-0.3, -0.25) is 0 Å². The first-order valence-electron chi connectivity index (χ1n) is 3.12. The molecule has 0 saturated carbocycles. The van der Waals surface area contributed by atoms with Gasteiger partial charge in [-0.2, -0.15) is 0 Å². The van der Waals surface area contributed by atoms with E-state index in [-0.39, 0.29) is 0 Å². The maximum absolute atomic E-state index is 10.6. The molecule has 0 fully saturated rings. The van der Waals surface area contributed by atoms with Gasteiger partial charge in [-0.05, 0) is 47.2 Å². The van der Waals surface area contributed by atoms with Crippen LogP contribution in [0.1, 0.15) is 5.56 Å². The van der Waals surface area contributed by atoms with Gasteiger partial charge in [0.2, 0.25) is 0 Å². The lowest BCUT2D eigenvalue weighted by molar-refractivity contribution is 0.614. The molecule has 0 N–H and O–H groups in total. The van der Waals surface area contributed by atoms with Gasteiger partial charge in [0.05, 0.1) is 4.90 Å². The minimum Gasteiger partial charge on any atom is -0.227 e. The van der Waals surface area contributed by atoms with Gasteiger partial charge in [-0.1, -0.05) is 15.9 Å². The number of benzene rings is 1. The third-order valence-corrected chi connectivity index (χ3v) is 4.10. The summed E-state index contributed by atoms with van der Waals surface area (Å²) in [5.41, 5.74) is 1.07. The lowest BCUT2D eigenvalue weighted by Crippen LogP contribution is -1.87. The standard InChI is InChI=1S/C7H6BrIO2S/c1-4-6(8)2-5(12(10)11)3-7(4)9/h2-3,12H,1H3. The summed E-state index contributed by atoms with van der Waals surface area (Å²) in [7, 11) is -2.48. The van der Waals surface area contributed by atoms with Crippen LogP contribution in [0.2, 0.25) is 0 Å². The third kappa shape index (κ3) is 2.20. The largest absolute Gasteiger partial charge is 0.227 e. The van der Waals surface area contributed by atoms with Crippen molar-refractivity contribution in [3.05, 3.63) is 25.7 Å². The van der Waals surface area contributed by atoms with Crippen LogP contribution in [-0.2, 0) is 10.7 Å². The zero-order valence-corrected chi connectivity index (χ0v) is 10.8. The fourth-order valence-electron chi connectivity index (χ4n) is 0.737. The van der Waals surface area contributed by atoms with Crippen molar-refractivity contribution in [3.8, 4) is 0 Å². The molecule has 0 aliphatic rings. The van der Waals surface area contributed by atoms with E-state index in [4.69, 9.17) is 0 Å². The average Bonchev–Trinajstić information content (AvgIpc) is 1.99. The number of halogens is 2. The minimum absolute atomic E-state index is 0.354. The fourth-order valence-corrected chi connectivity index (χ4v) is 3.09. The maximum Gasteiger partial charge on any atom is 0.168 e. The Morgan fingerprint density at radius 1 is 1.42 bits per heavy atom. The Hall–Kier alpha value is 0.380. The molecule has 0 saturated heterocycles. The summed E-state index contributed by atoms with van der Waals surface area (Å²) in [6.07, 6.45) is 0. The fraction of sp³-hybridized carbons (Fsp3) is 0.143. The predicted octanol–water partition coefficient (Wildman–Crippen LogP) is 2.33. The third-order valence-electron chi connectivity index (χ3n) is 1.48. The molecule has 0 radical (unpaired) electrons. The van der Waals surface area contributed by atoms with E-state index >= 15 is 0 Å². The molecule has 2 nitrogen and oxygen atoms in total. The first-order chi connectivity index (χ1) is 5.52. The molecular formula is C7H6BrIO2S. The topological polar surface area (TPSA) is 34.1 Å². The van der Waals surface area contributed by atoms with E-state index in [0.29, 0.717) is 4.90 Å². The van der Waals surface area contributed by atoms with Crippen molar-refractivity contribution in [2.75, 3.05) is 0 Å². The molecule has 0 aromatic heterocycles. The van der Waals surface area contributed by atoms with Gasteiger partial charge < -0.3 is 0 Å². The molecule has 5 heteroatoms. The van der Waals surface area contributed by atoms with Gasteiger partial charge in [0.1, 0.15) is 0 Å². The van der Waals surface area contributed by atoms with Crippen molar-refractivity contribution < 1.29 is 8.42 Å². The van der Waals surface area contributed by atoms with Crippen LogP contribution in [0.5, 0.6) is 0 Å². The SMILES string of the molecule is Cc1c(Br)cc([SH](=O)=O)cc1I. The smallest absolute Gasteiger partial charge is 0.168 e. The van der Waals surface area contributed by atoms with Gasteiger partial charge in [-0.25, -0.2) is 8.42 Å². The van der Waals surface area contributed by atoms with Crippen molar-refractivity contribution in [2.45, 2.75) is 11.8 Å². The van der Waals surface area contributed by atoms with E-state index in [2.05, 4.69) is 38.5 Å². The Morgan fingerprint density at radius 3 is 2.42 bits per heavy atom. The van der Waals surface area contributed by atoms with Crippen molar-refractivity contribution >= 4 is 49.2 Å². The lowest BCUT2D eigenvalue weighted by Gasteiger charge is -2.01. The predicted molar refractivity (Wildman–Crippen MR) is 60.2 cm³/mol. The van der Waals surface area contributed by atoms with Crippen LogP contribution in [0, 0.1) is 10.5 Å². The van der Waals surface area contributed by atoms with E-state index in [1.165, 1.54) is 0 Å². The monoisotopic (exact) mass is 360 g/mol. The Balaban J connectivity index is 3.40. The molecule has 0 amide bonds. The molecule has 1 rings (SSSR count). The minimum atomic E-state index is -2.48. The van der Waals surface area contributed by atoms with Crippen LogP contribution in [0.15, 0.2) is 21.5 Å². The van der Waals surface area contributed by atoms with Crippen LogP contribution in [0.3, 0.4) is 0 Å². The molecule has 1 aromatic rings. The quantitative estimate of drug-likeness (QED) is 0.616. The van der Waals surface area contributed by atoms with E-state index in [0.717, 1.165) is 13.6 Å². The van der Waals surface area contributed by atoms with E-state index in [1.54, 1.807) is 12.1 Å². The molecule has 0 spiro atoms. The Morgan fingerprint density at radius 2 is 2.00 bits per heavy atom. The number of hydrogen-bond donors (Lipinski definition) is 1. The van der Waals surface area contributed by atoms with Crippen molar-refractivity contribution in [1.82, 2.24) is 0 Å². The molecule has 12 heavy (non-hydrogen) atoms. The number of hydrogen-bond acceptors (Lipinski definition) is 2.